The summed E-state index contributed by atoms with van der Waals surface area (Å²) in [5.41, 5.74) is 6.48. The van der Waals surface area contributed by atoms with Gasteiger partial charge in [0.05, 0.1) is 0 Å². The fraction of sp³-hybridized carbons (Fsp3) is 0.366. The van der Waals surface area contributed by atoms with Gasteiger partial charge in [-0.3, -0.25) is 9.59 Å². The lowest BCUT2D eigenvalue weighted by atomic mass is 9.84. The van der Waals surface area contributed by atoms with E-state index in [1.807, 2.05) is 114 Å². The van der Waals surface area contributed by atoms with Crippen LogP contribution in [-0.2, 0) is 33.3 Å². The van der Waals surface area contributed by atoms with Crippen molar-refractivity contribution in [1.82, 2.24) is 40.6 Å². The van der Waals surface area contributed by atoms with E-state index in [-0.39, 0.29) is 47.0 Å². The highest BCUT2D eigenvalue weighted by molar-refractivity contribution is 5.77. The van der Waals surface area contributed by atoms with Crippen LogP contribution < -0.4 is 10.6 Å². The lowest BCUT2D eigenvalue weighted by Gasteiger charge is -2.23. The summed E-state index contributed by atoms with van der Waals surface area (Å²) in [5, 5.41) is 46.6. The maximum absolute atomic E-state index is 12.8. The predicted molar refractivity (Wildman–Crippen MR) is 206 cm³/mol. The lowest BCUT2D eigenvalue weighted by molar-refractivity contribution is -0.121. The van der Waals surface area contributed by atoms with E-state index in [0.29, 0.717) is 43.7 Å². The van der Waals surface area contributed by atoms with Crippen LogP contribution in [0.15, 0.2) is 72.8 Å². The Labute approximate surface area is 309 Å². The lowest BCUT2D eigenvalue weighted by Crippen LogP contribution is -2.30. The van der Waals surface area contributed by atoms with Gasteiger partial charge in [-0.2, -0.15) is 0 Å². The zero-order chi connectivity index (χ0) is 37.9. The number of phenols is 2. The van der Waals surface area contributed by atoms with Crippen LogP contribution in [0.3, 0.4) is 0 Å². The van der Waals surface area contributed by atoms with Crippen molar-refractivity contribution in [3.05, 3.63) is 95.1 Å². The van der Waals surface area contributed by atoms with Crippen LogP contribution in [-0.4, -0.2) is 65.1 Å². The number of carbonyl (C=O) groups excluding carboxylic acids is 2. The van der Waals surface area contributed by atoms with Crippen LogP contribution >= 0.6 is 0 Å². The molecule has 2 aromatic heterocycles. The van der Waals surface area contributed by atoms with Crippen molar-refractivity contribution in [3.63, 3.8) is 0 Å². The largest absolute Gasteiger partial charge is 0.505 e. The van der Waals surface area contributed by atoms with Gasteiger partial charge in [-0.1, -0.05) is 77.9 Å². The van der Waals surface area contributed by atoms with Gasteiger partial charge in [-0.05, 0) is 77.6 Å². The van der Waals surface area contributed by atoms with Crippen molar-refractivity contribution in [1.29, 1.82) is 0 Å². The topological polar surface area (TPSA) is 160 Å². The second-order valence-corrected chi connectivity index (χ2v) is 15.5. The first-order valence-corrected chi connectivity index (χ1v) is 18.1. The number of hydrogen-bond acceptors (Lipinski definition) is 8. The molecule has 0 saturated carbocycles. The molecule has 0 aliphatic heterocycles. The molecule has 2 heterocycles. The van der Waals surface area contributed by atoms with E-state index in [0.717, 1.165) is 44.3 Å². The third-order valence-electron chi connectivity index (χ3n) is 9.20. The Bertz CT molecular complexity index is 2050. The number of benzene rings is 4. The first-order chi connectivity index (χ1) is 25.2. The fourth-order valence-electron chi connectivity index (χ4n) is 6.26. The summed E-state index contributed by atoms with van der Waals surface area (Å²) in [4.78, 5) is 28.5. The first kappa shape index (κ1) is 37.0. The Morgan fingerprint density at radius 3 is 1.25 bits per heavy atom. The average Bonchev–Trinajstić information content (AvgIpc) is 3.74. The highest BCUT2D eigenvalue weighted by Crippen LogP contribution is 2.38. The number of aryl methyl sites for hydroxylation is 2. The van der Waals surface area contributed by atoms with Crippen LogP contribution in [0.5, 0.6) is 11.5 Å². The number of amides is 2. The fourth-order valence-corrected chi connectivity index (χ4v) is 6.26. The molecule has 0 unspecified atom stereocenters. The molecule has 276 valence electrons. The molecule has 0 bridgehead atoms. The van der Waals surface area contributed by atoms with E-state index in [9.17, 15) is 19.8 Å². The molecule has 12 heteroatoms. The predicted octanol–water partition coefficient (Wildman–Crippen LogP) is 6.35. The molecular formula is C41H48N8O4. The van der Waals surface area contributed by atoms with Crippen molar-refractivity contribution in [2.75, 3.05) is 13.1 Å². The van der Waals surface area contributed by atoms with Crippen LogP contribution in [0.2, 0.25) is 0 Å². The molecule has 53 heavy (non-hydrogen) atoms. The molecule has 4 aromatic carbocycles. The van der Waals surface area contributed by atoms with Gasteiger partial charge in [-0.15, -0.1) is 30.0 Å². The number of nitrogens with zero attached hydrogens (tertiary/aromatic N) is 6. The van der Waals surface area contributed by atoms with Gasteiger partial charge >= 0.3 is 0 Å². The number of nitrogens with one attached hydrogen (secondary N) is 2. The Morgan fingerprint density at radius 2 is 0.925 bits per heavy atom. The second kappa shape index (κ2) is 15.1. The highest BCUT2D eigenvalue weighted by atomic mass is 16.3. The summed E-state index contributed by atoms with van der Waals surface area (Å²) in [7, 11) is 0. The molecule has 0 fully saturated rings. The van der Waals surface area contributed by atoms with E-state index in [1.165, 1.54) is 9.59 Å². The Hall–Kier alpha value is -5.78. The molecule has 0 saturated heterocycles. The Balaban J connectivity index is 0.997. The Kier molecular flexibility index (Phi) is 10.5. The van der Waals surface area contributed by atoms with Crippen molar-refractivity contribution in [2.24, 2.45) is 0 Å². The zero-order valence-electron chi connectivity index (χ0n) is 31.3. The normalized spacial score (nSPS) is 12.0. The van der Waals surface area contributed by atoms with E-state index in [2.05, 4.69) is 31.0 Å². The molecule has 0 radical (unpaired) electrons. The van der Waals surface area contributed by atoms with E-state index >= 15 is 0 Å². The van der Waals surface area contributed by atoms with E-state index in [1.54, 1.807) is 0 Å². The highest BCUT2D eigenvalue weighted by Gasteiger charge is 2.25. The van der Waals surface area contributed by atoms with Gasteiger partial charge in [0.2, 0.25) is 11.8 Å². The summed E-state index contributed by atoms with van der Waals surface area (Å²) in [6, 6.07) is 22.6. The van der Waals surface area contributed by atoms with Crippen LogP contribution in [0.1, 0.15) is 83.1 Å². The smallest absolute Gasteiger partial charge is 0.220 e. The summed E-state index contributed by atoms with van der Waals surface area (Å²) in [5.74, 6) is 0.0545. The quantitative estimate of drug-likeness (QED) is 0.107. The maximum Gasteiger partial charge on any atom is 0.220 e. The van der Waals surface area contributed by atoms with Crippen molar-refractivity contribution < 1.29 is 19.8 Å². The van der Waals surface area contributed by atoms with E-state index in [4.69, 9.17) is 0 Å². The number of hydrogen-bond donors (Lipinski definition) is 4. The van der Waals surface area contributed by atoms with Gasteiger partial charge < -0.3 is 20.8 Å². The minimum Gasteiger partial charge on any atom is -0.505 e. The molecule has 0 aliphatic carbocycles. The molecule has 4 N–H and O–H groups in total. The molecule has 6 aromatic rings. The minimum absolute atomic E-state index is 0.0939. The van der Waals surface area contributed by atoms with Crippen molar-refractivity contribution in [3.8, 4) is 22.9 Å². The van der Waals surface area contributed by atoms with Gasteiger partial charge in [0.15, 0.2) is 0 Å². The first-order valence-electron chi connectivity index (χ1n) is 18.1. The molecule has 2 amide bonds. The number of fused-ring (bicyclic) bond motifs is 2. The Morgan fingerprint density at radius 1 is 0.585 bits per heavy atom. The monoisotopic (exact) mass is 716 g/mol. The summed E-state index contributed by atoms with van der Waals surface area (Å²) in [6.07, 6.45) is 2.07. The zero-order valence-corrected chi connectivity index (χ0v) is 31.3. The number of phenolic OH excluding ortho intramolecular Hbond substituents is 2. The maximum atomic E-state index is 12.8. The second-order valence-electron chi connectivity index (χ2n) is 15.5. The van der Waals surface area contributed by atoms with Crippen LogP contribution in [0.4, 0.5) is 0 Å². The summed E-state index contributed by atoms with van der Waals surface area (Å²) in [6.45, 7) is 13.0. The van der Waals surface area contributed by atoms with Gasteiger partial charge in [0.1, 0.15) is 44.9 Å². The van der Waals surface area contributed by atoms with Crippen molar-refractivity contribution in [2.45, 2.75) is 84.5 Å². The van der Waals surface area contributed by atoms with Gasteiger partial charge in [-0.25, -0.2) is 0 Å². The molecule has 12 nitrogen and oxygen atoms in total. The van der Waals surface area contributed by atoms with Crippen LogP contribution in [0, 0.1) is 0 Å². The SMILES string of the molecule is CC(C)(C)c1cc(CCC(=O)NCCCNC(=O)CCc2cc(-n3nc4ccccc4n3)c(O)c(C(C)(C)C)c2)cc(-n2nc3ccccc3n2)c1O. The summed E-state index contributed by atoms with van der Waals surface area (Å²) < 4.78 is 0. The van der Waals surface area contributed by atoms with Crippen molar-refractivity contribution >= 4 is 33.9 Å². The number of aromatic nitrogens is 6. The third kappa shape index (κ3) is 8.65. The molecule has 6 rings (SSSR count). The number of carbonyl (C=O) groups is 2. The standard InChI is InChI=1S/C41H48N8O4/c1-40(2,3)28-22-26(24-34(38(28)52)48-44-30-12-7-8-13-31(30)45-48)16-18-36(50)42-20-11-21-43-37(51)19-17-27-23-29(41(4,5)6)39(53)35(25-27)49-46-32-14-9-10-15-33(32)47-49/h7-10,12-15,22-25,52-53H,11,16-21H2,1-6H3,(H,42,50)(H,43,51). The summed E-state index contributed by atoms with van der Waals surface area (Å²) >= 11 is 0. The molecule has 0 spiro atoms. The van der Waals surface area contributed by atoms with Crippen LogP contribution in [0.25, 0.3) is 33.4 Å². The minimum atomic E-state index is -0.343. The van der Waals surface area contributed by atoms with Gasteiger partial charge in [0, 0.05) is 37.1 Å². The number of rotatable bonds is 12. The molecule has 0 atom stereocenters. The molecule has 0 aliphatic rings. The number of aromatic hydroxyl groups is 2. The molecular weight excluding hydrogens is 669 g/mol. The average molecular weight is 717 g/mol. The van der Waals surface area contributed by atoms with Gasteiger partial charge in [0.25, 0.3) is 0 Å². The van der Waals surface area contributed by atoms with E-state index < -0.39 is 0 Å². The third-order valence-corrected chi connectivity index (χ3v) is 9.20.